The topological polar surface area (TPSA) is 20.3 Å². The second kappa shape index (κ2) is 6.53. The number of ketones is 1. The third-order valence-corrected chi connectivity index (χ3v) is 4.55. The molecular weight excluding hydrogens is 210 g/mol. The van der Waals surface area contributed by atoms with Gasteiger partial charge in [-0.15, -0.1) is 0 Å². The molecule has 0 aromatic heterocycles. The van der Waals surface area contributed by atoms with Gasteiger partial charge in [-0.3, -0.25) is 4.79 Å². The number of Topliss-reactive ketones (excluding diaryl/α,β-unsaturated/α-hetero) is 1. The Morgan fingerprint density at radius 1 is 1.18 bits per heavy atom. The number of nitrogens with zero attached hydrogens (tertiary/aromatic N) is 1. The second-order valence-electron chi connectivity index (χ2n) is 5.94. The Bertz CT molecular complexity index is 251. The molecule has 98 valence electrons. The maximum absolute atomic E-state index is 11.7. The molecule has 0 amide bonds. The third kappa shape index (κ3) is 3.80. The van der Waals surface area contributed by atoms with E-state index in [-0.39, 0.29) is 0 Å². The maximum atomic E-state index is 11.7. The van der Waals surface area contributed by atoms with Crippen LogP contribution >= 0.6 is 0 Å². The zero-order chi connectivity index (χ0) is 12.1. The molecule has 2 aliphatic rings. The molecule has 1 saturated carbocycles. The summed E-state index contributed by atoms with van der Waals surface area (Å²) in [6.45, 7) is 5.80. The van der Waals surface area contributed by atoms with E-state index in [0.717, 1.165) is 31.7 Å². The molecule has 2 rings (SSSR count). The lowest BCUT2D eigenvalue weighted by atomic mass is 9.96. The summed E-state index contributed by atoms with van der Waals surface area (Å²) in [6, 6.07) is 0. The van der Waals surface area contributed by atoms with Crippen LogP contribution in [-0.4, -0.2) is 30.3 Å². The average Bonchev–Trinajstić information content (AvgIpc) is 2.59. The van der Waals surface area contributed by atoms with Crippen LogP contribution < -0.4 is 0 Å². The first-order valence-electron chi connectivity index (χ1n) is 7.54. The van der Waals surface area contributed by atoms with Crippen LogP contribution in [-0.2, 0) is 4.79 Å². The summed E-state index contributed by atoms with van der Waals surface area (Å²) in [7, 11) is 0. The van der Waals surface area contributed by atoms with Crippen molar-refractivity contribution in [2.24, 2.45) is 11.8 Å². The number of hydrogen-bond acceptors (Lipinski definition) is 2. The molecule has 2 atom stereocenters. The lowest BCUT2D eigenvalue weighted by Gasteiger charge is -2.23. The van der Waals surface area contributed by atoms with Gasteiger partial charge in [0.1, 0.15) is 5.78 Å². The lowest BCUT2D eigenvalue weighted by Crippen LogP contribution is -2.32. The van der Waals surface area contributed by atoms with Gasteiger partial charge in [-0.2, -0.15) is 0 Å². The molecule has 0 N–H and O–H groups in total. The van der Waals surface area contributed by atoms with Gasteiger partial charge in [0.25, 0.3) is 0 Å². The van der Waals surface area contributed by atoms with E-state index in [2.05, 4.69) is 11.8 Å². The monoisotopic (exact) mass is 237 g/mol. The summed E-state index contributed by atoms with van der Waals surface area (Å²) in [5.74, 6) is 1.85. The molecule has 0 spiro atoms. The second-order valence-corrected chi connectivity index (χ2v) is 5.94. The number of hydrogen-bond donors (Lipinski definition) is 0. The summed E-state index contributed by atoms with van der Waals surface area (Å²) in [5, 5.41) is 0. The highest BCUT2D eigenvalue weighted by Gasteiger charge is 2.27. The summed E-state index contributed by atoms with van der Waals surface area (Å²) in [4.78, 5) is 14.2. The maximum Gasteiger partial charge on any atom is 0.137 e. The predicted octanol–water partition coefficient (Wildman–Crippen LogP) is 3.26. The van der Waals surface area contributed by atoms with Gasteiger partial charge in [-0.25, -0.2) is 0 Å². The van der Waals surface area contributed by atoms with Crippen LogP contribution in [0.25, 0.3) is 0 Å². The van der Waals surface area contributed by atoms with E-state index >= 15 is 0 Å². The highest BCUT2D eigenvalue weighted by molar-refractivity contribution is 5.83. The zero-order valence-electron chi connectivity index (χ0n) is 11.3. The van der Waals surface area contributed by atoms with Gasteiger partial charge in [0.2, 0.25) is 0 Å². The summed E-state index contributed by atoms with van der Waals surface area (Å²) in [6.07, 6.45) is 9.95. The van der Waals surface area contributed by atoms with Crippen molar-refractivity contribution in [2.75, 3.05) is 19.6 Å². The lowest BCUT2D eigenvalue weighted by molar-refractivity contribution is -0.121. The van der Waals surface area contributed by atoms with Crippen LogP contribution in [0.1, 0.15) is 58.3 Å². The Hall–Kier alpha value is -0.370. The smallest absolute Gasteiger partial charge is 0.137 e. The molecule has 1 saturated heterocycles. The van der Waals surface area contributed by atoms with Crippen LogP contribution in [0.3, 0.4) is 0 Å². The van der Waals surface area contributed by atoms with Gasteiger partial charge in [0.15, 0.2) is 0 Å². The number of carbonyl (C=O) groups excluding carboxylic acids is 1. The van der Waals surface area contributed by atoms with E-state index in [1.165, 1.54) is 45.2 Å². The molecule has 2 unspecified atom stereocenters. The van der Waals surface area contributed by atoms with Crippen molar-refractivity contribution >= 4 is 5.78 Å². The average molecular weight is 237 g/mol. The number of carbonyl (C=O) groups is 1. The Morgan fingerprint density at radius 2 is 2.06 bits per heavy atom. The van der Waals surface area contributed by atoms with Crippen LogP contribution in [0.15, 0.2) is 0 Å². The Labute approximate surface area is 106 Å². The zero-order valence-corrected chi connectivity index (χ0v) is 11.3. The first kappa shape index (κ1) is 13.1. The van der Waals surface area contributed by atoms with E-state index in [0.29, 0.717) is 11.7 Å². The number of likely N-dealkylation sites (tertiary alicyclic amines) is 1. The highest BCUT2D eigenvalue weighted by atomic mass is 16.1. The molecule has 0 bridgehead atoms. The third-order valence-electron chi connectivity index (χ3n) is 4.55. The van der Waals surface area contributed by atoms with Gasteiger partial charge in [-0.05, 0) is 51.1 Å². The van der Waals surface area contributed by atoms with E-state index in [9.17, 15) is 4.79 Å². The normalized spacial score (nSPS) is 31.7. The van der Waals surface area contributed by atoms with Crippen LogP contribution in [0.5, 0.6) is 0 Å². The van der Waals surface area contributed by atoms with Crippen molar-refractivity contribution in [3.8, 4) is 0 Å². The first-order valence-corrected chi connectivity index (χ1v) is 7.54. The minimum Gasteiger partial charge on any atom is -0.303 e. The Kier molecular flexibility index (Phi) is 5.02. The summed E-state index contributed by atoms with van der Waals surface area (Å²) in [5.41, 5.74) is 0. The minimum atomic E-state index is 0.373. The molecule has 2 heteroatoms. The van der Waals surface area contributed by atoms with Gasteiger partial charge in [0, 0.05) is 18.9 Å². The van der Waals surface area contributed by atoms with Crippen molar-refractivity contribution in [2.45, 2.75) is 58.3 Å². The molecule has 2 fully saturated rings. The van der Waals surface area contributed by atoms with Gasteiger partial charge in [-0.1, -0.05) is 19.8 Å². The van der Waals surface area contributed by atoms with E-state index in [1.54, 1.807) is 0 Å². The highest BCUT2D eigenvalue weighted by Crippen LogP contribution is 2.26. The molecular formula is C15H27NO. The van der Waals surface area contributed by atoms with Gasteiger partial charge < -0.3 is 4.90 Å². The SMILES string of the molecule is CCCC1CCCN(CC2CCCC2=O)CC1. The first-order chi connectivity index (χ1) is 8.29. The molecule has 1 heterocycles. The summed E-state index contributed by atoms with van der Waals surface area (Å²) < 4.78 is 0. The largest absolute Gasteiger partial charge is 0.303 e. The fourth-order valence-corrected chi connectivity index (χ4v) is 3.50. The fraction of sp³-hybridized carbons (Fsp3) is 0.933. The van der Waals surface area contributed by atoms with Crippen LogP contribution in [0, 0.1) is 11.8 Å². The van der Waals surface area contributed by atoms with Gasteiger partial charge in [0.05, 0.1) is 0 Å². The van der Waals surface area contributed by atoms with Crippen LogP contribution in [0.2, 0.25) is 0 Å². The van der Waals surface area contributed by atoms with E-state index in [1.807, 2.05) is 0 Å². The fourth-order valence-electron chi connectivity index (χ4n) is 3.50. The predicted molar refractivity (Wildman–Crippen MR) is 71.0 cm³/mol. The van der Waals surface area contributed by atoms with E-state index < -0.39 is 0 Å². The summed E-state index contributed by atoms with van der Waals surface area (Å²) >= 11 is 0. The quantitative estimate of drug-likeness (QED) is 0.748. The van der Waals surface area contributed by atoms with E-state index in [4.69, 9.17) is 0 Å². The minimum absolute atomic E-state index is 0.373. The van der Waals surface area contributed by atoms with Crippen molar-refractivity contribution in [1.82, 2.24) is 4.90 Å². The molecule has 0 aromatic carbocycles. The van der Waals surface area contributed by atoms with Crippen LogP contribution in [0.4, 0.5) is 0 Å². The molecule has 1 aliphatic carbocycles. The van der Waals surface area contributed by atoms with Gasteiger partial charge >= 0.3 is 0 Å². The number of rotatable bonds is 4. The molecule has 1 aliphatic heterocycles. The van der Waals surface area contributed by atoms with Crippen molar-refractivity contribution < 1.29 is 4.79 Å². The molecule has 17 heavy (non-hydrogen) atoms. The Balaban J connectivity index is 1.76. The molecule has 0 radical (unpaired) electrons. The standard InChI is InChI=1S/C15H27NO/c1-2-5-13-6-4-10-16(11-9-13)12-14-7-3-8-15(14)17/h13-14H,2-12H2,1H3. The molecule has 0 aromatic rings. The Morgan fingerprint density at radius 3 is 2.76 bits per heavy atom. The molecule has 2 nitrogen and oxygen atoms in total. The van der Waals surface area contributed by atoms with Crippen molar-refractivity contribution in [1.29, 1.82) is 0 Å². The van der Waals surface area contributed by atoms with Crippen molar-refractivity contribution in [3.63, 3.8) is 0 Å². The van der Waals surface area contributed by atoms with Crippen molar-refractivity contribution in [3.05, 3.63) is 0 Å².